The number of hydroxylamine groups is 1. The molecule has 0 radical (unpaired) electrons. The molecular weight excluding hydrogens is 330 g/mol. The van der Waals surface area contributed by atoms with E-state index in [1.807, 2.05) is 42.5 Å². The number of nitrogens with zero attached hydrogens (tertiary/aromatic N) is 2. The molecular formula is C20H23N3O3. The van der Waals surface area contributed by atoms with Crippen LogP contribution in [0.4, 0.5) is 0 Å². The number of rotatable bonds is 8. The third-order valence-corrected chi connectivity index (χ3v) is 4.41. The van der Waals surface area contributed by atoms with Crippen molar-refractivity contribution in [3.63, 3.8) is 0 Å². The molecule has 3 aromatic rings. The summed E-state index contributed by atoms with van der Waals surface area (Å²) in [6.07, 6.45) is 2.92. The number of aryl methyl sites for hydroxylation is 1. The fraction of sp³-hybridized carbons (Fsp3) is 0.300. The second-order valence-corrected chi connectivity index (χ2v) is 6.15. The van der Waals surface area contributed by atoms with Crippen LogP contribution in [0.1, 0.15) is 25.7 Å². The number of hydrogen-bond donors (Lipinski definition) is 2. The molecule has 3 rings (SSSR count). The highest BCUT2D eigenvalue weighted by atomic mass is 16.5. The van der Waals surface area contributed by atoms with Gasteiger partial charge in [0, 0.05) is 18.5 Å². The Morgan fingerprint density at radius 1 is 1.12 bits per heavy atom. The Bertz CT molecular complexity index is 872. The van der Waals surface area contributed by atoms with Crippen LogP contribution in [-0.4, -0.2) is 27.8 Å². The van der Waals surface area contributed by atoms with Crippen molar-refractivity contribution in [1.29, 1.82) is 0 Å². The number of benzene rings is 2. The molecule has 0 saturated heterocycles. The minimum absolute atomic E-state index is 0.336. The summed E-state index contributed by atoms with van der Waals surface area (Å²) >= 11 is 0. The van der Waals surface area contributed by atoms with Crippen LogP contribution < -0.4 is 10.2 Å². The zero-order valence-corrected chi connectivity index (χ0v) is 14.8. The van der Waals surface area contributed by atoms with Gasteiger partial charge in [-0.05, 0) is 49.2 Å². The second kappa shape index (κ2) is 8.49. The van der Waals surface area contributed by atoms with Crippen LogP contribution in [0.2, 0.25) is 0 Å². The van der Waals surface area contributed by atoms with Gasteiger partial charge in [0.15, 0.2) is 0 Å². The van der Waals surface area contributed by atoms with E-state index in [0.29, 0.717) is 6.42 Å². The summed E-state index contributed by atoms with van der Waals surface area (Å²) in [4.78, 5) is 15.9. The lowest BCUT2D eigenvalue weighted by Crippen LogP contribution is -2.17. The van der Waals surface area contributed by atoms with Gasteiger partial charge in [0.2, 0.25) is 5.91 Å². The number of nitrogens with one attached hydrogen (secondary N) is 1. The van der Waals surface area contributed by atoms with Gasteiger partial charge >= 0.3 is 0 Å². The number of imidazole rings is 1. The summed E-state index contributed by atoms with van der Waals surface area (Å²) in [5, 5.41) is 8.54. The number of methoxy groups -OCH3 is 1. The number of carbonyl (C=O) groups excluding carboxylic acids is 1. The van der Waals surface area contributed by atoms with Gasteiger partial charge in [-0.25, -0.2) is 10.5 Å². The van der Waals surface area contributed by atoms with E-state index in [2.05, 4.69) is 10.6 Å². The van der Waals surface area contributed by atoms with E-state index >= 15 is 0 Å². The topological polar surface area (TPSA) is 76.4 Å². The molecule has 1 amide bonds. The minimum atomic E-state index is -0.336. The van der Waals surface area contributed by atoms with Gasteiger partial charge in [-0.1, -0.05) is 18.6 Å². The largest absolute Gasteiger partial charge is 0.497 e. The standard InChI is InChI=1S/C20H23N3O3/c1-26-16-12-10-15(11-13-16)20-21-17-7-4-5-8-18(17)23(20)14-6-2-3-9-19(24)22-25/h4-5,7-8,10-13,25H,2-3,6,9,14H2,1H3,(H,22,24). The Kier molecular flexibility index (Phi) is 5.86. The maximum Gasteiger partial charge on any atom is 0.243 e. The van der Waals surface area contributed by atoms with Crippen molar-refractivity contribution in [3.8, 4) is 17.1 Å². The van der Waals surface area contributed by atoms with E-state index in [9.17, 15) is 4.79 Å². The first-order valence-corrected chi connectivity index (χ1v) is 8.75. The molecule has 136 valence electrons. The fourth-order valence-electron chi connectivity index (χ4n) is 3.05. The first-order chi connectivity index (χ1) is 12.7. The predicted molar refractivity (Wildman–Crippen MR) is 100 cm³/mol. The lowest BCUT2D eigenvalue weighted by atomic mass is 10.1. The zero-order chi connectivity index (χ0) is 18.4. The maximum absolute atomic E-state index is 11.1. The average Bonchev–Trinajstić information content (AvgIpc) is 3.06. The SMILES string of the molecule is COc1ccc(-c2nc3ccccc3n2CCCCCC(=O)NO)cc1. The number of ether oxygens (including phenoxy) is 1. The van der Waals surface area contributed by atoms with Crippen molar-refractivity contribution in [2.24, 2.45) is 0 Å². The summed E-state index contributed by atoms with van der Waals surface area (Å²) in [6, 6.07) is 16.0. The Morgan fingerprint density at radius 2 is 1.88 bits per heavy atom. The van der Waals surface area contributed by atoms with Crippen molar-refractivity contribution >= 4 is 16.9 Å². The zero-order valence-electron chi connectivity index (χ0n) is 14.8. The summed E-state index contributed by atoms with van der Waals surface area (Å²) in [7, 11) is 1.65. The molecule has 2 aromatic carbocycles. The Labute approximate surface area is 152 Å². The number of fused-ring (bicyclic) bond motifs is 1. The lowest BCUT2D eigenvalue weighted by Gasteiger charge is -2.10. The Morgan fingerprint density at radius 3 is 2.62 bits per heavy atom. The second-order valence-electron chi connectivity index (χ2n) is 6.15. The van der Waals surface area contributed by atoms with Crippen LogP contribution >= 0.6 is 0 Å². The van der Waals surface area contributed by atoms with E-state index in [-0.39, 0.29) is 5.91 Å². The normalized spacial score (nSPS) is 10.8. The lowest BCUT2D eigenvalue weighted by molar-refractivity contribution is -0.129. The molecule has 6 nitrogen and oxygen atoms in total. The third-order valence-electron chi connectivity index (χ3n) is 4.41. The molecule has 0 aliphatic rings. The van der Waals surface area contributed by atoms with Gasteiger partial charge in [-0.2, -0.15) is 0 Å². The molecule has 6 heteroatoms. The van der Waals surface area contributed by atoms with Crippen molar-refractivity contribution in [1.82, 2.24) is 15.0 Å². The first-order valence-electron chi connectivity index (χ1n) is 8.75. The van der Waals surface area contributed by atoms with Gasteiger partial charge in [0.25, 0.3) is 0 Å². The van der Waals surface area contributed by atoms with Crippen LogP contribution in [0.3, 0.4) is 0 Å². The molecule has 0 aliphatic carbocycles. The molecule has 1 aromatic heterocycles. The van der Waals surface area contributed by atoms with Gasteiger partial charge in [0.1, 0.15) is 11.6 Å². The number of aromatic nitrogens is 2. The minimum Gasteiger partial charge on any atom is -0.497 e. The van der Waals surface area contributed by atoms with Crippen molar-refractivity contribution in [2.75, 3.05) is 7.11 Å². The molecule has 0 fully saturated rings. The monoisotopic (exact) mass is 353 g/mol. The van der Waals surface area contributed by atoms with Crippen molar-refractivity contribution in [2.45, 2.75) is 32.2 Å². The number of amides is 1. The maximum atomic E-state index is 11.1. The van der Waals surface area contributed by atoms with E-state index < -0.39 is 0 Å². The number of unbranched alkanes of at least 4 members (excludes halogenated alkanes) is 2. The molecule has 26 heavy (non-hydrogen) atoms. The summed E-state index contributed by atoms with van der Waals surface area (Å²) < 4.78 is 7.46. The summed E-state index contributed by atoms with van der Waals surface area (Å²) in [5.74, 6) is 1.41. The quantitative estimate of drug-likeness (QED) is 0.367. The molecule has 0 saturated carbocycles. The number of para-hydroxylation sites is 2. The molecule has 0 unspecified atom stereocenters. The summed E-state index contributed by atoms with van der Waals surface area (Å²) in [6.45, 7) is 0.822. The average molecular weight is 353 g/mol. The third kappa shape index (κ3) is 4.03. The van der Waals surface area contributed by atoms with Gasteiger partial charge in [-0.3, -0.25) is 10.0 Å². The highest BCUT2D eigenvalue weighted by Crippen LogP contribution is 2.27. The van der Waals surface area contributed by atoms with Crippen LogP contribution in [0.25, 0.3) is 22.4 Å². The Balaban J connectivity index is 1.79. The number of hydrogen-bond acceptors (Lipinski definition) is 4. The van der Waals surface area contributed by atoms with Crippen molar-refractivity contribution < 1.29 is 14.7 Å². The van der Waals surface area contributed by atoms with Crippen LogP contribution in [-0.2, 0) is 11.3 Å². The summed E-state index contributed by atoms with van der Waals surface area (Å²) in [5.41, 5.74) is 4.79. The predicted octanol–water partition coefficient (Wildman–Crippen LogP) is 3.78. The fourth-order valence-corrected chi connectivity index (χ4v) is 3.05. The van der Waals surface area contributed by atoms with Crippen molar-refractivity contribution in [3.05, 3.63) is 48.5 Å². The van der Waals surface area contributed by atoms with E-state index in [1.54, 1.807) is 12.6 Å². The van der Waals surface area contributed by atoms with Gasteiger partial charge < -0.3 is 9.30 Å². The van der Waals surface area contributed by atoms with Crippen LogP contribution in [0.5, 0.6) is 5.75 Å². The molecule has 0 bridgehead atoms. The molecule has 1 heterocycles. The van der Waals surface area contributed by atoms with E-state index in [0.717, 1.165) is 54.0 Å². The van der Waals surface area contributed by atoms with E-state index in [4.69, 9.17) is 14.9 Å². The van der Waals surface area contributed by atoms with Gasteiger partial charge in [-0.15, -0.1) is 0 Å². The molecule has 2 N–H and O–H groups in total. The van der Waals surface area contributed by atoms with Crippen LogP contribution in [0, 0.1) is 0 Å². The van der Waals surface area contributed by atoms with Gasteiger partial charge in [0.05, 0.1) is 18.1 Å². The van der Waals surface area contributed by atoms with E-state index in [1.165, 1.54) is 0 Å². The highest BCUT2D eigenvalue weighted by Gasteiger charge is 2.12. The highest BCUT2D eigenvalue weighted by molar-refractivity contribution is 5.80. The smallest absolute Gasteiger partial charge is 0.243 e. The van der Waals surface area contributed by atoms with Crippen LogP contribution in [0.15, 0.2) is 48.5 Å². The first kappa shape index (κ1) is 17.9. The molecule has 0 atom stereocenters. The Hall–Kier alpha value is -2.86. The number of carbonyl (C=O) groups is 1. The molecule has 0 aliphatic heterocycles. The molecule has 0 spiro atoms.